The molecule has 2 heteroatoms. The van der Waals surface area contributed by atoms with Crippen LogP contribution in [0.1, 0.15) is 0 Å². The lowest BCUT2D eigenvalue weighted by Crippen LogP contribution is -1.70. The van der Waals surface area contributed by atoms with Crippen LogP contribution in [0.2, 0.25) is 0 Å². The molecule has 0 amide bonds. The molecular weight excluding hydrogens is 90.1 g/mol. The number of nitrogens with zero attached hydrogens (tertiary/aromatic N) is 1. The first kappa shape index (κ1) is 4.03. The lowest BCUT2D eigenvalue weighted by atomic mass is 10.4. The molecular formula is C5H2NO-. The lowest BCUT2D eigenvalue weighted by Gasteiger charge is -1.77. The number of allylic oxidation sites excluding steroid dienone is 2. The molecule has 0 aliphatic carbocycles. The van der Waals surface area contributed by atoms with Gasteiger partial charge in [0.15, 0.2) is 0 Å². The van der Waals surface area contributed by atoms with Crippen LogP contribution in [0.15, 0.2) is 22.8 Å². The number of hydrogen-bond donors (Lipinski definition) is 0. The summed E-state index contributed by atoms with van der Waals surface area (Å²) in [6, 6.07) is 0. The van der Waals surface area contributed by atoms with Gasteiger partial charge in [0.2, 0.25) is 0 Å². The summed E-state index contributed by atoms with van der Waals surface area (Å²) in [6.07, 6.45) is 5.46. The largest absolute Gasteiger partial charge is 0.368 e. The second-order valence-electron chi connectivity index (χ2n) is 1.07. The Morgan fingerprint density at radius 1 is 1.86 bits per heavy atom. The first-order valence-electron chi connectivity index (χ1n) is 1.81. The molecule has 0 unspecified atom stereocenters. The van der Waals surface area contributed by atoms with E-state index in [1.165, 1.54) is 6.20 Å². The molecule has 34 valence electrons. The third kappa shape index (κ3) is 0.643. The highest BCUT2D eigenvalue weighted by atomic mass is 16.1. The van der Waals surface area contributed by atoms with Crippen molar-refractivity contribution in [3.63, 3.8) is 0 Å². The van der Waals surface area contributed by atoms with Gasteiger partial charge in [0, 0.05) is 5.94 Å². The lowest BCUT2D eigenvalue weighted by molar-refractivity contribution is 0.568. The van der Waals surface area contributed by atoms with Crippen molar-refractivity contribution in [2.45, 2.75) is 0 Å². The third-order valence-corrected chi connectivity index (χ3v) is 0.611. The minimum absolute atomic E-state index is 0.389. The fourth-order valence-corrected chi connectivity index (χ4v) is 0.313. The van der Waals surface area contributed by atoms with E-state index in [9.17, 15) is 4.79 Å². The van der Waals surface area contributed by atoms with E-state index in [4.69, 9.17) is 0 Å². The van der Waals surface area contributed by atoms with Crippen molar-refractivity contribution in [3.8, 4) is 0 Å². The Morgan fingerprint density at radius 2 is 2.71 bits per heavy atom. The van der Waals surface area contributed by atoms with Gasteiger partial charge < -0.3 is 9.79 Å². The molecule has 1 heterocycles. The van der Waals surface area contributed by atoms with E-state index in [-0.39, 0.29) is 0 Å². The van der Waals surface area contributed by atoms with Gasteiger partial charge >= 0.3 is 0 Å². The quantitative estimate of drug-likeness (QED) is 0.310. The topological polar surface area (TPSA) is 29.4 Å². The van der Waals surface area contributed by atoms with Crippen LogP contribution >= 0.6 is 0 Å². The van der Waals surface area contributed by atoms with Gasteiger partial charge in [-0.25, -0.2) is 0 Å². The number of carbonyl (C=O) groups excluding carboxylic acids is 1. The first-order valence-corrected chi connectivity index (χ1v) is 1.81. The van der Waals surface area contributed by atoms with Crippen LogP contribution in [-0.4, -0.2) is 12.2 Å². The molecule has 0 N–H and O–H groups in total. The Labute approximate surface area is 40.9 Å². The Kier molecular flexibility index (Phi) is 0.886. The number of aliphatic imine (C=N–C) groups is 1. The average Bonchev–Trinajstić information content (AvgIpc) is 2.14. The molecule has 0 aromatic rings. The molecule has 0 radical (unpaired) electrons. The Morgan fingerprint density at radius 3 is 3.00 bits per heavy atom. The summed E-state index contributed by atoms with van der Waals surface area (Å²) in [5.74, 6) is 1.64. The fourth-order valence-electron chi connectivity index (χ4n) is 0.313. The van der Waals surface area contributed by atoms with E-state index in [0.29, 0.717) is 5.57 Å². The normalized spacial score (nSPS) is 15.1. The Bertz CT molecular complexity index is 159. The molecule has 0 spiro atoms. The minimum atomic E-state index is 0.389. The second-order valence-corrected chi connectivity index (χ2v) is 1.07. The van der Waals surface area contributed by atoms with Gasteiger partial charge in [0.1, 0.15) is 0 Å². The smallest absolute Gasteiger partial charge is 0.00363 e. The first-order chi connectivity index (χ1) is 3.43. The molecule has 0 aromatic heterocycles. The van der Waals surface area contributed by atoms with Crippen LogP contribution in [0.3, 0.4) is 0 Å². The Hall–Kier alpha value is -1.14. The summed E-state index contributed by atoms with van der Waals surface area (Å²) >= 11 is 0. The summed E-state index contributed by atoms with van der Waals surface area (Å²) in [4.78, 5) is 13.2. The van der Waals surface area contributed by atoms with Gasteiger partial charge in [0.05, 0.1) is 0 Å². The molecule has 1 rings (SSSR count). The van der Waals surface area contributed by atoms with E-state index in [1.807, 2.05) is 0 Å². The van der Waals surface area contributed by atoms with Crippen molar-refractivity contribution in [3.05, 3.63) is 17.8 Å². The van der Waals surface area contributed by atoms with Gasteiger partial charge in [-0.05, 0) is 6.21 Å². The summed E-state index contributed by atoms with van der Waals surface area (Å²) < 4.78 is 0. The molecule has 0 saturated carbocycles. The van der Waals surface area contributed by atoms with Crippen molar-refractivity contribution < 1.29 is 4.79 Å². The molecule has 7 heavy (non-hydrogen) atoms. The standard InChI is InChI=1S/C5H2NO/c7-4-5-1-2-6-3-5/h1-2H/q-1. The summed E-state index contributed by atoms with van der Waals surface area (Å²) in [6.45, 7) is 0. The maximum atomic E-state index is 9.67. The van der Waals surface area contributed by atoms with Crippen molar-refractivity contribution in [1.82, 2.24) is 0 Å². The van der Waals surface area contributed by atoms with Crippen LogP contribution < -0.4 is 0 Å². The second kappa shape index (κ2) is 1.54. The maximum absolute atomic E-state index is 9.67. The van der Waals surface area contributed by atoms with Crippen molar-refractivity contribution in [2.24, 2.45) is 4.99 Å². The number of rotatable bonds is 0. The molecule has 1 aliphatic heterocycles. The molecule has 0 saturated heterocycles. The van der Waals surface area contributed by atoms with E-state index in [2.05, 4.69) is 11.2 Å². The van der Waals surface area contributed by atoms with E-state index >= 15 is 0 Å². The van der Waals surface area contributed by atoms with E-state index in [1.54, 1.807) is 12.0 Å². The van der Waals surface area contributed by atoms with Crippen LogP contribution in [0.4, 0.5) is 0 Å². The third-order valence-electron chi connectivity index (χ3n) is 0.611. The SMILES string of the molecule is O=C=C1[C-]=NC=C1. The van der Waals surface area contributed by atoms with Gasteiger partial charge in [-0.15, -0.1) is 6.08 Å². The fraction of sp³-hybridized carbons (Fsp3) is 0. The molecule has 0 fully saturated rings. The maximum Gasteiger partial charge on any atom is 0.00363 e. The predicted octanol–water partition coefficient (Wildman–Crippen LogP) is 0.219. The highest BCUT2D eigenvalue weighted by molar-refractivity contribution is 5.94. The van der Waals surface area contributed by atoms with Crippen LogP contribution in [0.5, 0.6) is 0 Å². The van der Waals surface area contributed by atoms with Crippen LogP contribution in [0.25, 0.3) is 0 Å². The van der Waals surface area contributed by atoms with Crippen LogP contribution in [-0.2, 0) is 4.79 Å². The Balaban J connectivity index is 3.00. The zero-order valence-corrected chi connectivity index (χ0v) is 3.51. The number of hydrogen-bond acceptors (Lipinski definition) is 2. The molecule has 0 bridgehead atoms. The average molecular weight is 92.1 g/mol. The highest BCUT2D eigenvalue weighted by Gasteiger charge is 1.76. The summed E-state index contributed by atoms with van der Waals surface area (Å²) in [7, 11) is 0. The van der Waals surface area contributed by atoms with Crippen molar-refractivity contribution in [2.75, 3.05) is 0 Å². The van der Waals surface area contributed by atoms with Crippen LogP contribution in [0, 0.1) is 0 Å². The van der Waals surface area contributed by atoms with E-state index in [0.717, 1.165) is 0 Å². The molecule has 0 atom stereocenters. The summed E-state index contributed by atoms with van der Waals surface area (Å²) in [5.41, 5.74) is 0.389. The van der Waals surface area contributed by atoms with Gasteiger partial charge in [-0.3, -0.25) is 0 Å². The summed E-state index contributed by atoms with van der Waals surface area (Å²) in [5, 5.41) is 0. The monoisotopic (exact) mass is 92.0 g/mol. The van der Waals surface area contributed by atoms with E-state index < -0.39 is 0 Å². The molecule has 2 nitrogen and oxygen atoms in total. The van der Waals surface area contributed by atoms with Gasteiger partial charge in [-0.2, -0.15) is 0 Å². The van der Waals surface area contributed by atoms with Gasteiger partial charge in [-0.1, -0.05) is 11.8 Å². The highest BCUT2D eigenvalue weighted by Crippen LogP contribution is 1.94. The van der Waals surface area contributed by atoms with Crippen molar-refractivity contribution >= 4 is 12.2 Å². The minimum Gasteiger partial charge on any atom is -0.368 e. The van der Waals surface area contributed by atoms with Gasteiger partial charge in [0.25, 0.3) is 0 Å². The zero-order valence-electron chi connectivity index (χ0n) is 3.51. The predicted molar refractivity (Wildman–Crippen MR) is 25.8 cm³/mol. The molecule has 1 aliphatic rings. The zero-order chi connectivity index (χ0) is 5.11. The molecule has 0 aromatic carbocycles. The van der Waals surface area contributed by atoms with Crippen molar-refractivity contribution in [1.29, 1.82) is 0 Å².